The topological polar surface area (TPSA) is 44.1 Å². The third-order valence-corrected chi connectivity index (χ3v) is 4.36. The van der Waals surface area contributed by atoms with Crippen molar-refractivity contribution in [2.24, 2.45) is 0 Å². The fourth-order valence-corrected chi connectivity index (χ4v) is 3.06. The van der Waals surface area contributed by atoms with E-state index in [4.69, 9.17) is 27.9 Å². The zero-order chi connectivity index (χ0) is 18.8. The first-order chi connectivity index (χ1) is 12.3. The minimum Gasteiger partial charge on any atom is -0.404 e. The number of carbonyl (C=O) groups is 1. The number of esters is 1. The molecule has 0 amide bonds. The van der Waals surface area contributed by atoms with Crippen LogP contribution in [-0.4, -0.2) is 15.7 Å². The number of para-hydroxylation sites is 1. The third-order valence-electron chi connectivity index (χ3n) is 3.93. The number of benzene rings is 2. The van der Waals surface area contributed by atoms with Crippen LogP contribution in [-0.2, 0) is 0 Å². The van der Waals surface area contributed by atoms with E-state index in [1.807, 2.05) is 45.0 Å². The van der Waals surface area contributed by atoms with E-state index in [0.29, 0.717) is 15.9 Å². The van der Waals surface area contributed by atoms with E-state index < -0.39 is 5.97 Å². The van der Waals surface area contributed by atoms with Crippen molar-refractivity contribution in [1.82, 2.24) is 9.78 Å². The Kier molecular flexibility index (Phi) is 5.35. The highest BCUT2D eigenvalue weighted by molar-refractivity contribution is 6.35. The average molecular weight is 389 g/mol. The number of hydrogen-bond acceptors (Lipinski definition) is 3. The van der Waals surface area contributed by atoms with Crippen LogP contribution in [0.2, 0.25) is 10.0 Å². The lowest BCUT2D eigenvalue weighted by Crippen LogP contribution is -2.12. The maximum absolute atomic E-state index is 12.6. The Bertz CT molecular complexity index is 944. The van der Waals surface area contributed by atoms with Crippen molar-refractivity contribution in [3.8, 4) is 11.6 Å². The summed E-state index contributed by atoms with van der Waals surface area (Å²) in [6, 6.07) is 14.2. The van der Waals surface area contributed by atoms with Crippen molar-refractivity contribution in [1.29, 1.82) is 0 Å². The number of ether oxygens (including phenoxy) is 1. The molecule has 4 nitrogen and oxygen atoms in total. The predicted octanol–water partition coefficient (Wildman–Crippen LogP) is 5.83. The summed E-state index contributed by atoms with van der Waals surface area (Å²) in [5.74, 6) is 0.00173. The smallest absolute Gasteiger partial charge is 0.344 e. The summed E-state index contributed by atoms with van der Waals surface area (Å²) < 4.78 is 7.27. The molecule has 1 heterocycles. The molecule has 3 aromatic rings. The van der Waals surface area contributed by atoms with Crippen LogP contribution in [0.3, 0.4) is 0 Å². The van der Waals surface area contributed by atoms with Crippen LogP contribution < -0.4 is 4.74 Å². The molecule has 0 bridgehead atoms. The van der Waals surface area contributed by atoms with Crippen LogP contribution in [0, 0.1) is 6.92 Å². The van der Waals surface area contributed by atoms with Gasteiger partial charge in [0.05, 0.1) is 16.9 Å². The quantitative estimate of drug-likeness (QED) is 0.528. The van der Waals surface area contributed by atoms with Gasteiger partial charge in [-0.3, -0.25) is 0 Å². The molecular weight excluding hydrogens is 371 g/mol. The van der Waals surface area contributed by atoms with E-state index in [2.05, 4.69) is 5.10 Å². The second-order valence-corrected chi connectivity index (χ2v) is 7.18. The second kappa shape index (κ2) is 7.52. The lowest BCUT2D eigenvalue weighted by Gasteiger charge is -2.10. The van der Waals surface area contributed by atoms with Crippen LogP contribution in [0.25, 0.3) is 5.69 Å². The SMILES string of the molecule is Cc1ccccc1-n1nc(C(C)C)cc1OC(=O)c1cc(Cl)cc(Cl)c1. The van der Waals surface area contributed by atoms with Crippen molar-refractivity contribution < 1.29 is 9.53 Å². The fourth-order valence-electron chi connectivity index (χ4n) is 2.54. The summed E-state index contributed by atoms with van der Waals surface area (Å²) in [6.07, 6.45) is 0. The van der Waals surface area contributed by atoms with Crippen molar-refractivity contribution >= 4 is 29.2 Å². The Balaban J connectivity index is 2.01. The van der Waals surface area contributed by atoms with Gasteiger partial charge in [-0.1, -0.05) is 55.2 Å². The first-order valence-corrected chi connectivity index (χ1v) is 8.95. The minimum atomic E-state index is -0.542. The van der Waals surface area contributed by atoms with E-state index in [-0.39, 0.29) is 11.5 Å². The molecule has 134 valence electrons. The largest absolute Gasteiger partial charge is 0.404 e. The van der Waals surface area contributed by atoms with Gasteiger partial charge in [-0.15, -0.1) is 0 Å². The molecule has 0 radical (unpaired) electrons. The Hall–Kier alpha value is -2.30. The van der Waals surface area contributed by atoms with Crippen LogP contribution >= 0.6 is 23.2 Å². The standard InChI is InChI=1S/C20H18Cl2N2O2/c1-12(2)17-11-19(24(23-17)18-7-5-4-6-13(18)3)26-20(25)14-8-15(21)10-16(22)9-14/h4-12H,1-3H3. The molecule has 0 spiro atoms. The molecule has 0 unspecified atom stereocenters. The molecule has 0 aliphatic carbocycles. The molecule has 6 heteroatoms. The van der Waals surface area contributed by atoms with Gasteiger partial charge < -0.3 is 4.74 Å². The van der Waals surface area contributed by atoms with E-state index in [0.717, 1.165) is 16.9 Å². The molecule has 0 saturated carbocycles. The highest BCUT2D eigenvalue weighted by Gasteiger charge is 2.19. The highest BCUT2D eigenvalue weighted by atomic mass is 35.5. The number of carbonyl (C=O) groups excluding carboxylic acids is 1. The zero-order valence-electron chi connectivity index (χ0n) is 14.7. The first kappa shape index (κ1) is 18.5. The van der Waals surface area contributed by atoms with Gasteiger partial charge in [0.1, 0.15) is 0 Å². The fraction of sp³-hybridized carbons (Fsp3) is 0.200. The van der Waals surface area contributed by atoms with Crippen molar-refractivity contribution in [2.75, 3.05) is 0 Å². The molecule has 0 aliphatic heterocycles. The molecule has 0 aliphatic rings. The number of aromatic nitrogens is 2. The van der Waals surface area contributed by atoms with Gasteiger partial charge in [0.25, 0.3) is 0 Å². The zero-order valence-corrected chi connectivity index (χ0v) is 16.2. The number of aryl methyl sites for hydroxylation is 1. The molecule has 1 aromatic heterocycles. The van der Waals surface area contributed by atoms with E-state index >= 15 is 0 Å². The Labute approximate surface area is 162 Å². The summed E-state index contributed by atoms with van der Waals surface area (Å²) >= 11 is 12.0. The van der Waals surface area contributed by atoms with Crippen LogP contribution in [0.1, 0.15) is 41.4 Å². The van der Waals surface area contributed by atoms with Gasteiger partial charge in [0.15, 0.2) is 0 Å². The van der Waals surface area contributed by atoms with Crippen LogP contribution in [0.5, 0.6) is 5.88 Å². The van der Waals surface area contributed by atoms with Crippen LogP contribution in [0.4, 0.5) is 0 Å². The van der Waals surface area contributed by atoms with Crippen molar-refractivity contribution in [3.05, 3.63) is 75.4 Å². The molecule has 0 N–H and O–H groups in total. The Morgan fingerprint density at radius 2 is 1.73 bits per heavy atom. The van der Waals surface area contributed by atoms with Crippen LogP contribution in [0.15, 0.2) is 48.5 Å². The summed E-state index contributed by atoms with van der Waals surface area (Å²) in [5.41, 5.74) is 2.99. The maximum atomic E-state index is 12.6. The molecule has 0 atom stereocenters. The first-order valence-electron chi connectivity index (χ1n) is 8.19. The number of halogens is 2. The molecule has 0 saturated heterocycles. The molecule has 2 aromatic carbocycles. The lowest BCUT2D eigenvalue weighted by molar-refractivity contribution is 0.0723. The summed E-state index contributed by atoms with van der Waals surface area (Å²) in [5, 5.41) is 5.36. The molecule has 0 fully saturated rings. The maximum Gasteiger partial charge on any atom is 0.344 e. The Morgan fingerprint density at radius 3 is 2.35 bits per heavy atom. The number of rotatable bonds is 4. The number of nitrogens with zero attached hydrogens (tertiary/aromatic N) is 2. The summed E-state index contributed by atoms with van der Waals surface area (Å²) in [4.78, 5) is 12.6. The van der Waals surface area contributed by atoms with Gasteiger partial charge in [-0.05, 0) is 42.7 Å². The average Bonchev–Trinajstić information content (AvgIpc) is 2.98. The number of hydrogen-bond donors (Lipinski definition) is 0. The van der Waals surface area contributed by atoms with E-state index in [1.54, 1.807) is 16.8 Å². The second-order valence-electron chi connectivity index (χ2n) is 6.31. The van der Waals surface area contributed by atoms with E-state index in [1.165, 1.54) is 12.1 Å². The van der Waals surface area contributed by atoms with Gasteiger partial charge in [-0.2, -0.15) is 5.10 Å². The Morgan fingerprint density at radius 1 is 1.08 bits per heavy atom. The lowest BCUT2D eigenvalue weighted by atomic mass is 10.1. The van der Waals surface area contributed by atoms with Crippen molar-refractivity contribution in [3.63, 3.8) is 0 Å². The monoisotopic (exact) mass is 388 g/mol. The molecule has 3 rings (SSSR count). The van der Waals surface area contributed by atoms with Gasteiger partial charge in [0, 0.05) is 16.1 Å². The van der Waals surface area contributed by atoms with Gasteiger partial charge in [-0.25, -0.2) is 9.48 Å². The summed E-state index contributed by atoms with van der Waals surface area (Å²) in [7, 11) is 0. The third kappa shape index (κ3) is 3.92. The minimum absolute atomic E-state index is 0.193. The normalized spacial score (nSPS) is 11.0. The molecular formula is C20H18Cl2N2O2. The predicted molar refractivity (Wildman–Crippen MR) is 104 cm³/mol. The van der Waals surface area contributed by atoms with E-state index in [9.17, 15) is 4.79 Å². The van der Waals surface area contributed by atoms with Gasteiger partial charge >= 0.3 is 5.97 Å². The van der Waals surface area contributed by atoms with Gasteiger partial charge in [0.2, 0.25) is 5.88 Å². The highest BCUT2D eigenvalue weighted by Crippen LogP contribution is 2.27. The summed E-state index contributed by atoms with van der Waals surface area (Å²) in [6.45, 7) is 6.05. The van der Waals surface area contributed by atoms with Crippen molar-refractivity contribution in [2.45, 2.75) is 26.7 Å². The molecule has 26 heavy (non-hydrogen) atoms.